The van der Waals surface area contributed by atoms with Crippen LogP contribution >= 0.6 is 0 Å². The highest BCUT2D eigenvalue weighted by Gasteiger charge is 2.50. The fourth-order valence-electron chi connectivity index (χ4n) is 2.15. The number of rotatable bonds is 5. The largest absolute Gasteiger partial charge is 0.463 e. The highest BCUT2D eigenvalue weighted by molar-refractivity contribution is 5.67. The van der Waals surface area contributed by atoms with Crippen LogP contribution in [0.15, 0.2) is 0 Å². The minimum atomic E-state index is -1.51. The predicted octanol–water partition coefficient (Wildman–Crippen LogP) is -0.855. The number of carbonyl (C=O) groups is 3. The number of methoxy groups -OCH3 is 1. The average Bonchev–Trinajstić information content (AvgIpc) is 2.39. The molecule has 5 atom stereocenters. The maximum absolute atomic E-state index is 11.3. The molecule has 0 radical (unpaired) electrons. The molecule has 1 aliphatic heterocycles. The van der Waals surface area contributed by atoms with Gasteiger partial charge in [0.1, 0.15) is 18.8 Å². The first-order valence-corrected chi connectivity index (χ1v) is 6.60. The van der Waals surface area contributed by atoms with Gasteiger partial charge in [-0.05, 0) is 0 Å². The number of ether oxygens (including phenoxy) is 5. The zero-order valence-electron chi connectivity index (χ0n) is 12.8. The first-order valence-electron chi connectivity index (χ1n) is 6.60. The second kappa shape index (κ2) is 8.06. The normalized spacial score (nSPS) is 31.2. The third kappa shape index (κ3) is 4.93. The molecule has 0 aromatic heterocycles. The van der Waals surface area contributed by atoms with Crippen LogP contribution in [0.1, 0.15) is 20.8 Å². The smallest absolute Gasteiger partial charge is 0.303 e. The molecular weight excluding hydrogens is 300 g/mol. The molecule has 0 aliphatic carbocycles. The molecule has 126 valence electrons. The molecule has 1 rings (SSSR count). The molecule has 0 aromatic rings. The monoisotopic (exact) mass is 320 g/mol. The number of hydrogen-bond acceptors (Lipinski definition) is 9. The van der Waals surface area contributed by atoms with Crippen molar-refractivity contribution >= 4 is 17.9 Å². The molecule has 0 amide bonds. The van der Waals surface area contributed by atoms with E-state index in [1.165, 1.54) is 21.0 Å². The van der Waals surface area contributed by atoms with Crippen LogP contribution in [0.25, 0.3) is 0 Å². The van der Waals surface area contributed by atoms with Gasteiger partial charge in [-0.15, -0.1) is 0 Å². The standard InChI is InChI=1S/C13H20O9/c1-6(14)19-5-9-10(20-7(2)15)11(18-4)12(13(17)22-9)21-8(3)16/h9-13,17H,5H2,1-4H3/t9-,10+,11-,12+,13+/m0/s1. The van der Waals surface area contributed by atoms with Crippen LogP contribution in [0.4, 0.5) is 0 Å². The van der Waals surface area contributed by atoms with Gasteiger partial charge >= 0.3 is 17.9 Å². The Bertz CT molecular complexity index is 422. The molecule has 1 fully saturated rings. The molecule has 1 N–H and O–H groups in total. The Labute approximate surface area is 127 Å². The van der Waals surface area contributed by atoms with E-state index in [-0.39, 0.29) is 6.61 Å². The Morgan fingerprint density at radius 2 is 1.50 bits per heavy atom. The minimum absolute atomic E-state index is 0.253. The van der Waals surface area contributed by atoms with Crippen molar-refractivity contribution in [2.45, 2.75) is 51.5 Å². The first-order chi connectivity index (χ1) is 10.3. The molecule has 9 heteroatoms. The van der Waals surface area contributed by atoms with E-state index in [2.05, 4.69) is 0 Å². The van der Waals surface area contributed by atoms with Gasteiger partial charge in [-0.1, -0.05) is 0 Å². The molecule has 1 aliphatic rings. The van der Waals surface area contributed by atoms with Gasteiger partial charge < -0.3 is 28.8 Å². The lowest BCUT2D eigenvalue weighted by Gasteiger charge is -2.42. The summed E-state index contributed by atoms with van der Waals surface area (Å²) in [5.41, 5.74) is 0. The summed E-state index contributed by atoms with van der Waals surface area (Å²) in [5, 5.41) is 9.95. The maximum Gasteiger partial charge on any atom is 0.303 e. The number of carbonyl (C=O) groups excluding carboxylic acids is 3. The molecular formula is C13H20O9. The zero-order chi connectivity index (χ0) is 16.9. The van der Waals surface area contributed by atoms with Gasteiger partial charge in [0.15, 0.2) is 18.5 Å². The lowest BCUT2D eigenvalue weighted by molar-refractivity contribution is -0.297. The second-order valence-corrected chi connectivity index (χ2v) is 4.72. The van der Waals surface area contributed by atoms with Crippen molar-refractivity contribution in [1.82, 2.24) is 0 Å². The second-order valence-electron chi connectivity index (χ2n) is 4.72. The molecule has 0 unspecified atom stereocenters. The summed E-state index contributed by atoms with van der Waals surface area (Å²) in [6.07, 6.45) is -5.65. The first kappa shape index (κ1) is 18.3. The Hall–Kier alpha value is -1.71. The van der Waals surface area contributed by atoms with Crippen molar-refractivity contribution in [2.24, 2.45) is 0 Å². The molecule has 1 heterocycles. The zero-order valence-corrected chi connectivity index (χ0v) is 12.8. The summed E-state index contributed by atoms with van der Waals surface area (Å²) < 4.78 is 25.3. The Kier molecular flexibility index (Phi) is 6.72. The van der Waals surface area contributed by atoms with Gasteiger partial charge in [-0.3, -0.25) is 14.4 Å². The fourth-order valence-corrected chi connectivity index (χ4v) is 2.15. The summed E-state index contributed by atoms with van der Waals surface area (Å²) in [6, 6.07) is 0. The van der Waals surface area contributed by atoms with Gasteiger partial charge in [0.2, 0.25) is 0 Å². The SMILES string of the molecule is CO[C@@H]1[C@@H](OC(C)=O)[C@H](O)O[C@@H](COC(C)=O)[C@H]1OC(C)=O. The number of aliphatic hydroxyl groups is 1. The van der Waals surface area contributed by atoms with Gasteiger partial charge in [-0.25, -0.2) is 0 Å². The van der Waals surface area contributed by atoms with E-state index in [4.69, 9.17) is 23.7 Å². The van der Waals surface area contributed by atoms with Crippen LogP contribution in [-0.2, 0) is 38.1 Å². The van der Waals surface area contributed by atoms with Crippen LogP contribution in [0, 0.1) is 0 Å². The third-order valence-corrected chi connectivity index (χ3v) is 2.94. The van der Waals surface area contributed by atoms with Crippen LogP contribution in [0.5, 0.6) is 0 Å². The average molecular weight is 320 g/mol. The van der Waals surface area contributed by atoms with Crippen LogP contribution in [0.2, 0.25) is 0 Å². The number of esters is 3. The van der Waals surface area contributed by atoms with Crippen molar-refractivity contribution in [3.63, 3.8) is 0 Å². The maximum atomic E-state index is 11.3. The van der Waals surface area contributed by atoms with Crippen LogP contribution < -0.4 is 0 Å². The summed E-state index contributed by atoms with van der Waals surface area (Å²) in [5.74, 6) is -1.84. The number of aliphatic hydroxyl groups excluding tert-OH is 1. The van der Waals surface area contributed by atoms with Gasteiger partial charge in [-0.2, -0.15) is 0 Å². The van der Waals surface area contributed by atoms with E-state index in [1.54, 1.807) is 0 Å². The van der Waals surface area contributed by atoms with E-state index >= 15 is 0 Å². The van der Waals surface area contributed by atoms with Crippen molar-refractivity contribution in [3.8, 4) is 0 Å². The molecule has 0 bridgehead atoms. The highest BCUT2D eigenvalue weighted by atomic mass is 16.7. The minimum Gasteiger partial charge on any atom is -0.463 e. The third-order valence-electron chi connectivity index (χ3n) is 2.94. The van der Waals surface area contributed by atoms with Crippen LogP contribution in [-0.4, -0.2) is 67.4 Å². The summed E-state index contributed by atoms with van der Waals surface area (Å²) in [4.78, 5) is 33.3. The van der Waals surface area contributed by atoms with Crippen molar-refractivity contribution < 1.29 is 43.2 Å². The van der Waals surface area contributed by atoms with Crippen LogP contribution in [0.3, 0.4) is 0 Å². The molecule has 1 saturated heterocycles. The fraction of sp³-hybridized carbons (Fsp3) is 0.769. The lowest BCUT2D eigenvalue weighted by Crippen LogP contribution is -2.61. The van der Waals surface area contributed by atoms with E-state index in [0.717, 1.165) is 6.92 Å². The van der Waals surface area contributed by atoms with Crippen molar-refractivity contribution in [3.05, 3.63) is 0 Å². The summed E-state index contributed by atoms with van der Waals surface area (Å²) in [7, 11) is 1.30. The van der Waals surface area contributed by atoms with E-state index in [0.29, 0.717) is 0 Å². The van der Waals surface area contributed by atoms with Gasteiger partial charge in [0, 0.05) is 27.9 Å². The van der Waals surface area contributed by atoms with E-state index in [9.17, 15) is 19.5 Å². The van der Waals surface area contributed by atoms with Crippen molar-refractivity contribution in [1.29, 1.82) is 0 Å². The van der Waals surface area contributed by atoms with E-state index < -0.39 is 48.6 Å². The quantitative estimate of drug-likeness (QED) is 0.510. The van der Waals surface area contributed by atoms with E-state index in [1.807, 2.05) is 0 Å². The summed E-state index contributed by atoms with van der Waals surface area (Å²) >= 11 is 0. The highest BCUT2D eigenvalue weighted by Crippen LogP contribution is 2.27. The number of hydrogen-bond donors (Lipinski definition) is 1. The van der Waals surface area contributed by atoms with Gasteiger partial charge in [0.05, 0.1) is 0 Å². The topological polar surface area (TPSA) is 118 Å². The molecule has 9 nitrogen and oxygen atoms in total. The van der Waals surface area contributed by atoms with Gasteiger partial charge in [0.25, 0.3) is 0 Å². The molecule has 0 spiro atoms. The Balaban J connectivity index is 2.96. The molecule has 0 saturated carbocycles. The Morgan fingerprint density at radius 3 is 1.95 bits per heavy atom. The lowest BCUT2D eigenvalue weighted by atomic mass is 9.98. The van der Waals surface area contributed by atoms with Crippen molar-refractivity contribution in [2.75, 3.05) is 13.7 Å². The summed E-state index contributed by atoms with van der Waals surface area (Å²) in [6.45, 7) is 3.29. The predicted molar refractivity (Wildman–Crippen MR) is 69.4 cm³/mol. The molecule has 22 heavy (non-hydrogen) atoms. The Morgan fingerprint density at radius 1 is 0.955 bits per heavy atom. The molecule has 0 aromatic carbocycles.